The third-order valence-corrected chi connectivity index (χ3v) is 4.06. The van der Waals surface area contributed by atoms with Gasteiger partial charge in [0.1, 0.15) is 6.33 Å². The van der Waals surface area contributed by atoms with Crippen molar-refractivity contribution < 1.29 is 0 Å². The lowest BCUT2D eigenvalue weighted by Gasteiger charge is -2.26. The first-order valence-electron chi connectivity index (χ1n) is 6.06. The van der Waals surface area contributed by atoms with E-state index in [1.165, 1.54) is 25.7 Å². The molecule has 1 fully saturated rings. The van der Waals surface area contributed by atoms with Gasteiger partial charge >= 0.3 is 0 Å². The van der Waals surface area contributed by atoms with E-state index >= 15 is 0 Å². The van der Waals surface area contributed by atoms with Crippen molar-refractivity contribution in [2.24, 2.45) is 5.92 Å². The third-order valence-electron chi connectivity index (χ3n) is 3.18. The molecule has 0 unspecified atom stereocenters. The molecule has 0 saturated heterocycles. The fourth-order valence-electron chi connectivity index (χ4n) is 2.14. The predicted octanol–water partition coefficient (Wildman–Crippen LogP) is 2.07. The molecule has 1 aromatic rings. The first-order valence-corrected chi connectivity index (χ1v) is 7.04. The molecule has 0 aliphatic heterocycles. The first-order chi connectivity index (χ1) is 7.84. The Labute approximate surface area is 101 Å². The van der Waals surface area contributed by atoms with Crippen molar-refractivity contribution in [3.63, 3.8) is 0 Å². The molecule has 0 amide bonds. The fraction of sp³-hybridized carbons (Fsp3) is 0.818. The number of H-pyrrole nitrogens is 1. The van der Waals surface area contributed by atoms with Gasteiger partial charge in [0.15, 0.2) is 5.16 Å². The van der Waals surface area contributed by atoms with Crippen LogP contribution in [-0.2, 0) is 0 Å². The number of hydrogen-bond donors (Lipinski definition) is 2. The van der Waals surface area contributed by atoms with Crippen molar-refractivity contribution in [1.82, 2.24) is 20.5 Å². The molecule has 1 aromatic heterocycles. The summed E-state index contributed by atoms with van der Waals surface area (Å²) in [6.45, 7) is 3.42. The molecule has 0 spiro atoms. The standard InChI is InChI=1S/C11H20N4S/c1-9-2-4-10(5-3-9)12-6-7-16-11-13-8-14-15-11/h8-10,12H,2-7H2,1H3,(H,13,14,15). The zero-order chi connectivity index (χ0) is 11.2. The summed E-state index contributed by atoms with van der Waals surface area (Å²) in [6, 6.07) is 0.742. The number of nitrogens with one attached hydrogen (secondary N) is 2. The summed E-state index contributed by atoms with van der Waals surface area (Å²) in [5.41, 5.74) is 0. The zero-order valence-corrected chi connectivity index (χ0v) is 10.6. The Hall–Kier alpha value is -0.550. The third kappa shape index (κ3) is 3.79. The van der Waals surface area contributed by atoms with Gasteiger partial charge in [-0.2, -0.15) is 5.10 Å². The van der Waals surface area contributed by atoms with Crippen LogP contribution in [0, 0.1) is 5.92 Å². The Morgan fingerprint density at radius 2 is 2.25 bits per heavy atom. The Kier molecular flexibility index (Phi) is 4.66. The molecular weight excluding hydrogens is 220 g/mol. The van der Waals surface area contributed by atoms with E-state index in [9.17, 15) is 0 Å². The number of thioether (sulfide) groups is 1. The van der Waals surface area contributed by atoms with Crippen molar-refractivity contribution in [1.29, 1.82) is 0 Å². The Morgan fingerprint density at radius 3 is 2.94 bits per heavy atom. The fourth-order valence-corrected chi connectivity index (χ4v) is 2.79. The number of aromatic amines is 1. The second-order valence-electron chi connectivity index (χ2n) is 4.55. The molecule has 0 aromatic carbocycles. The number of hydrogen-bond acceptors (Lipinski definition) is 4. The average Bonchev–Trinajstić information content (AvgIpc) is 2.80. The van der Waals surface area contributed by atoms with E-state index in [0.717, 1.165) is 29.4 Å². The maximum Gasteiger partial charge on any atom is 0.183 e. The second-order valence-corrected chi connectivity index (χ2v) is 5.63. The minimum Gasteiger partial charge on any atom is -0.313 e. The van der Waals surface area contributed by atoms with Gasteiger partial charge in [0.25, 0.3) is 0 Å². The van der Waals surface area contributed by atoms with Crippen molar-refractivity contribution in [2.75, 3.05) is 12.3 Å². The van der Waals surface area contributed by atoms with Crippen LogP contribution < -0.4 is 5.32 Å². The highest BCUT2D eigenvalue weighted by molar-refractivity contribution is 7.99. The van der Waals surface area contributed by atoms with Crippen LogP contribution in [0.25, 0.3) is 0 Å². The normalized spacial score (nSPS) is 25.8. The molecule has 1 aliphatic rings. The summed E-state index contributed by atoms with van der Waals surface area (Å²) in [7, 11) is 0. The molecule has 0 bridgehead atoms. The topological polar surface area (TPSA) is 53.6 Å². The van der Waals surface area contributed by atoms with E-state index in [1.807, 2.05) is 0 Å². The van der Waals surface area contributed by atoms with E-state index in [0.29, 0.717) is 0 Å². The SMILES string of the molecule is CC1CCC(NCCSc2ncn[nH]2)CC1. The molecule has 1 aliphatic carbocycles. The molecule has 1 heterocycles. The molecule has 0 atom stereocenters. The summed E-state index contributed by atoms with van der Waals surface area (Å²) in [5, 5.41) is 11.2. The molecular formula is C11H20N4S. The summed E-state index contributed by atoms with van der Waals surface area (Å²) >= 11 is 1.72. The van der Waals surface area contributed by atoms with Gasteiger partial charge in [0.05, 0.1) is 0 Å². The van der Waals surface area contributed by atoms with Crippen LogP contribution >= 0.6 is 11.8 Å². The minimum atomic E-state index is 0.742. The van der Waals surface area contributed by atoms with Gasteiger partial charge < -0.3 is 5.32 Å². The van der Waals surface area contributed by atoms with Crippen molar-refractivity contribution in [3.8, 4) is 0 Å². The predicted molar refractivity (Wildman–Crippen MR) is 66.5 cm³/mol. The monoisotopic (exact) mass is 240 g/mol. The molecule has 5 heteroatoms. The molecule has 0 radical (unpaired) electrons. The van der Waals surface area contributed by atoms with E-state index in [4.69, 9.17) is 0 Å². The van der Waals surface area contributed by atoms with Gasteiger partial charge in [-0.25, -0.2) is 4.98 Å². The smallest absolute Gasteiger partial charge is 0.183 e. The first kappa shape index (κ1) is 11.9. The Bertz CT molecular complexity index is 280. The highest BCUT2D eigenvalue weighted by atomic mass is 32.2. The van der Waals surface area contributed by atoms with E-state index < -0.39 is 0 Å². The average molecular weight is 240 g/mol. The van der Waals surface area contributed by atoms with Gasteiger partial charge in [0.2, 0.25) is 0 Å². The van der Waals surface area contributed by atoms with Crippen molar-refractivity contribution in [2.45, 2.75) is 43.8 Å². The molecule has 1 saturated carbocycles. The maximum absolute atomic E-state index is 4.08. The molecule has 4 nitrogen and oxygen atoms in total. The van der Waals surface area contributed by atoms with Crippen molar-refractivity contribution >= 4 is 11.8 Å². The molecule has 2 N–H and O–H groups in total. The van der Waals surface area contributed by atoms with E-state index in [-0.39, 0.29) is 0 Å². The highest BCUT2D eigenvalue weighted by Crippen LogP contribution is 2.23. The van der Waals surface area contributed by atoms with Gasteiger partial charge in [-0.05, 0) is 31.6 Å². The van der Waals surface area contributed by atoms with Gasteiger partial charge in [-0.1, -0.05) is 18.7 Å². The van der Waals surface area contributed by atoms with Crippen LogP contribution in [0.5, 0.6) is 0 Å². The second kappa shape index (κ2) is 6.25. The highest BCUT2D eigenvalue weighted by Gasteiger charge is 2.16. The largest absolute Gasteiger partial charge is 0.313 e. The molecule has 90 valence electrons. The van der Waals surface area contributed by atoms with E-state index in [2.05, 4.69) is 27.4 Å². The summed E-state index contributed by atoms with van der Waals surface area (Å²) in [4.78, 5) is 4.08. The Balaban J connectivity index is 1.55. The Morgan fingerprint density at radius 1 is 1.44 bits per heavy atom. The quantitative estimate of drug-likeness (QED) is 0.611. The summed E-state index contributed by atoms with van der Waals surface area (Å²) in [6.07, 6.45) is 7.00. The number of nitrogens with zero attached hydrogens (tertiary/aromatic N) is 2. The summed E-state index contributed by atoms with van der Waals surface area (Å²) in [5.74, 6) is 1.99. The zero-order valence-electron chi connectivity index (χ0n) is 9.78. The van der Waals surface area contributed by atoms with E-state index in [1.54, 1.807) is 18.1 Å². The van der Waals surface area contributed by atoms with Crippen LogP contribution in [0.2, 0.25) is 0 Å². The molecule has 16 heavy (non-hydrogen) atoms. The van der Waals surface area contributed by atoms with Crippen LogP contribution in [0.1, 0.15) is 32.6 Å². The van der Waals surface area contributed by atoms with Crippen LogP contribution in [0.15, 0.2) is 11.5 Å². The minimum absolute atomic E-state index is 0.742. The van der Waals surface area contributed by atoms with Gasteiger partial charge in [0, 0.05) is 18.3 Å². The summed E-state index contributed by atoms with van der Waals surface area (Å²) < 4.78 is 0. The lowest BCUT2D eigenvalue weighted by Crippen LogP contribution is -2.34. The number of aromatic nitrogens is 3. The molecule has 2 rings (SSSR count). The van der Waals surface area contributed by atoms with Gasteiger partial charge in [-0.15, -0.1) is 0 Å². The lowest BCUT2D eigenvalue weighted by atomic mass is 9.87. The number of rotatable bonds is 5. The van der Waals surface area contributed by atoms with Gasteiger partial charge in [-0.3, -0.25) is 5.10 Å². The van der Waals surface area contributed by atoms with Crippen LogP contribution in [0.3, 0.4) is 0 Å². The van der Waals surface area contributed by atoms with Crippen LogP contribution in [-0.4, -0.2) is 33.5 Å². The maximum atomic E-state index is 4.08. The van der Waals surface area contributed by atoms with Crippen LogP contribution in [0.4, 0.5) is 0 Å². The lowest BCUT2D eigenvalue weighted by molar-refractivity contribution is 0.312. The van der Waals surface area contributed by atoms with Crippen molar-refractivity contribution in [3.05, 3.63) is 6.33 Å².